The SMILES string of the molecule is CCCn1c(CSc2nnnn2-c2cccc(Cl)c2)nc2cc(S(=O)(=O)N(C)C)ccc21. The highest BCUT2D eigenvalue weighted by atomic mass is 35.5. The summed E-state index contributed by atoms with van der Waals surface area (Å²) < 4.78 is 30.0. The molecule has 0 spiro atoms. The molecule has 0 radical (unpaired) electrons. The van der Waals surface area contributed by atoms with E-state index in [0.29, 0.717) is 21.4 Å². The Labute approximate surface area is 195 Å². The Morgan fingerprint density at radius 3 is 2.69 bits per heavy atom. The van der Waals surface area contributed by atoms with Crippen molar-refractivity contribution >= 4 is 44.4 Å². The lowest BCUT2D eigenvalue weighted by Gasteiger charge is -2.11. The molecule has 32 heavy (non-hydrogen) atoms. The molecule has 2 aromatic heterocycles. The monoisotopic (exact) mass is 491 g/mol. The van der Waals surface area contributed by atoms with Gasteiger partial charge in [0, 0.05) is 25.7 Å². The molecule has 0 bridgehead atoms. The molecule has 0 aliphatic rings. The summed E-state index contributed by atoms with van der Waals surface area (Å²) in [5.74, 6) is 1.35. The van der Waals surface area contributed by atoms with Crippen molar-refractivity contribution in [2.45, 2.75) is 35.7 Å². The summed E-state index contributed by atoms with van der Waals surface area (Å²) in [6.07, 6.45) is 0.918. The van der Waals surface area contributed by atoms with E-state index in [1.807, 2.05) is 18.2 Å². The van der Waals surface area contributed by atoms with Crippen LogP contribution in [0.3, 0.4) is 0 Å². The molecule has 0 atom stereocenters. The number of hydrogen-bond acceptors (Lipinski definition) is 7. The molecule has 168 valence electrons. The Morgan fingerprint density at radius 2 is 1.97 bits per heavy atom. The average molecular weight is 492 g/mol. The van der Waals surface area contributed by atoms with Gasteiger partial charge in [0.15, 0.2) is 0 Å². The molecule has 0 saturated carbocycles. The summed E-state index contributed by atoms with van der Waals surface area (Å²) in [6.45, 7) is 2.86. The van der Waals surface area contributed by atoms with E-state index in [4.69, 9.17) is 16.6 Å². The third-order valence-electron chi connectivity index (χ3n) is 4.85. The summed E-state index contributed by atoms with van der Waals surface area (Å²) in [5.41, 5.74) is 2.31. The van der Waals surface area contributed by atoms with E-state index in [-0.39, 0.29) is 4.90 Å². The van der Waals surface area contributed by atoms with E-state index in [0.717, 1.165) is 30.0 Å². The molecule has 0 saturated heterocycles. The maximum atomic E-state index is 12.5. The standard InChI is InChI=1S/C20H22ClN7O2S2/c1-4-10-27-18-9-8-16(32(29,30)26(2)3)12-17(18)22-19(27)13-31-20-23-24-25-28(20)15-7-5-6-14(21)11-15/h5-9,11-12H,4,10,13H2,1-3H3. The lowest BCUT2D eigenvalue weighted by molar-refractivity contribution is 0.521. The molecular formula is C20H22ClN7O2S2. The third-order valence-corrected chi connectivity index (χ3v) is 7.81. The summed E-state index contributed by atoms with van der Waals surface area (Å²) in [5, 5.41) is 13.2. The molecule has 0 aliphatic carbocycles. The molecule has 0 aliphatic heterocycles. The zero-order chi connectivity index (χ0) is 22.9. The van der Waals surface area contributed by atoms with Crippen LogP contribution in [0.1, 0.15) is 19.2 Å². The van der Waals surface area contributed by atoms with Crippen molar-refractivity contribution < 1.29 is 8.42 Å². The quantitative estimate of drug-likeness (QED) is 0.347. The number of tetrazole rings is 1. The number of aromatic nitrogens is 6. The first-order chi connectivity index (χ1) is 15.3. The summed E-state index contributed by atoms with van der Waals surface area (Å²) in [6, 6.07) is 12.4. The van der Waals surface area contributed by atoms with Gasteiger partial charge in [-0.25, -0.2) is 17.7 Å². The Balaban J connectivity index is 1.66. The van der Waals surface area contributed by atoms with Gasteiger partial charge < -0.3 is 4.57 Å². The third kappa shape index (κ3) is 4.38. The van der Waals surface area contributed by atoms with Crippen LogP contribution in [0.25, 0.3) is 16.7 Å². The molecule has 12 heteroatoms. The average Bonchev–Trinajstić information content (AvgIpc) is 3.36. The molecule has 0 amide bonds. The number of nitrogens with zero attached hydrogens (tertiary/aromatic N) is 7. The second kappa shape index (κ2) is 9.18. The van der Waals surface area contributed by atoms with Crippen molar-refractivity contribution in [3.63, 3.8) is 0 Å². The Morgan fingerprint density at radius 1 is 1.16 bits per heavy atom. The van der Waals surface area contributed by atoms with Gasteiger partial charge in [0.05, 0.1) is 27.4 Å². The van der Waals surface area contributed by atoms with Crippen LogP contribution in [0, 0.1) is 0 Å². The minimum absolute atomic E-state index is 0.222. The Hall–Kier alpha value is -2.47. The summed E-state index contributed by atoms with van der Waals surface area (Å²) in [7, 11) is -0.503. The minimum atomic E-state index is -3.53. The van der Waals surface area contributed by atoms with Crippen molar-refractivity contribution in [3.05, 3.63) is 53.3 Å². The number of hydrogen-bond donors (Lipinski definition) is 0. The topological polar surface area (TPSA) is 98.8 Å². The maximum Gasteiger partial charge on any atom is 0.242 e. The minimum Gasteiger partial charge on any atom is -0.327 e. The van der Waals surface area contributed by atoms with Crippen LogP contribution < -0.4 is 0 Å². The normalized spacial score (nSPS) is 12.2. The number of sulfonamides is 1. The van der Waals surface area contributed by atoms with Gasteiger partial charge >= 0.3 is 0 Å². The van der Waals surface area contributed by atoms with Crippen LogP contribution in [-0.2, 0) is 22.3 Å². The van der Waals surface area contributed by atoms with Crippen LogP contribution in [-0.4, -0.2) is 56.6 Å². The number of halogens is 1. The molecule has 4 aromatic rings. The highest BCUT2D eigenvalue weighted by molar-refractivity contribution is 7.98. The van der Waals surface area contributed by atoms with Gasteiger partial charge in [-0.1, -0.05) is 36.4 Å². The lowest BCUT2D eigenvalue weighted by atomic mass is 10.3. The van der Waals surface area contributed by atoms with Gasteiger partial charge in [-0.2, -0.15) is 4.68 Å². The van der Waals surface area contributed by atoms with Gasteiger partial charge in [-0.05, 0) is 53.2 Å². The molecule has 2 aromatic carbocycles. The fourth-order valence-electron chi connectivity index (χ4n) is 3.28. The van der Waals surface area contributed by atoms with Crippen molar-refractivity contribution in [3.8, 4) is 5.69 Å². The van der Waals surface area contributed by atoms with Gasteiger partial charge in [-0.15, -0.1) is 5.10 Å². The molecule has 0 unspecified atom stereocenters. The second-order valence-corrected chi connectivity index (χ2v) is 10.8. The van der Waals surface area contributed by atoms with Crippen molar-refractivity contribution in [1.29, 1.82) is 0 Å². The first kappa shape index (κ1) is 22.7. The first-order valence-corrected chi connectivity index (χ1v) is 12.7. The van der Waals surface area contributed by atoms with E-state index >= 15 is 0 Å². The highest BCUT2D eigenvalue weighted by Gasteiger charge is 2.20. The van der Waals surface area contributed by atoms with E-state index < -0.39 is 10.0 Å². The van der Waals surface area contributed by atoms with Crippen molar-refractivity contribution in [2.24, 2.45) is 0 Å². The van der Waals surface area contributed by atoms with E-state index in [2.05, 4.69) is 27.0 Å². The molecule has 4 rings (SSSR count). The predicted molar refractivity (Wildman–Crippen MR) is 125 cm³/mol. The molecule has 9 nitrogen and oxygen atoms in total. The first-order valence-electron chi connectivity index (χ1n) is 9.90. The molecular weight excluding hydrogens is 470 g/mol. The van der Waals surface area contributed by atoms with Crippen LogP contribution in [0.4, 0.5) is 0 Å². The molecule has 2 heterocycles. The summed E-state index contributed by atoms with van der Waals surface area (Å²) >= 11 is 7.56. The van der Waals surface area contributed by atoms with Crippen molar-refractivity contribution in [2.75, 3.05) is 14.1 Å². The maximum absolute atomic E-state index is 12.5. The highest BCUT2D eigenvalue weighted by Crippen LogP contribution is 2.27. The van der Waals surface area contributed by atoms with E-state index in [1.54, 1.807) is 28.9 Å². The van der Waals surface area contributed by atoms with Crippen LogP contribution >= 0.6 is 23.4 Å². The molecule has 0 N–H and O–H groups in total. The largest absolute Gasteiger partial charge is 0.327 e. The summed E-state index contributed by atoms with van der Waals surface area (Å²) in [4.78, 5) is 4.96. The predicted octanol–water partition coefficient (Wildman–Crippen LogP) is 3.62. The number of rotatable bonds is 8. The zero-order valence-corrected chi connectivity index (χ0v) is 20.2. The van der Waals surface area contributed by atoms with Gasteiger partial charge in [0.1, 0.15) is 5.82 Å². The second-order valence-electron chi connectivity index (χ2n) is 7.26. The van der Waals surface area contributed by atoms with Crippen LogP contribution in [0.2, 0.25) is 5.02 Å². The smallest absolute Gasteiger partial charge is 0.242 e. The number of thioether (sulfide) groups is 1. The Bertz CT molecular complexity index is 1370. The van der Waals surface area contributed by atoms with Gasteiger partial charge in [-0.3, -0.25) is 0 Å². The van der Waals surface area contributed by atoms with Gasteiger partial charge in [0.2, 0.25) is 15.2 Å². The Kier molecular flexibility index (Phi) is 6.52. The van der Waals surface area contributed by atoms with Gasteiger partial charge in [0.25, 0.3) is 0 Å². The number of imidazole rings is 1. The van der Waals surface area contributed by atoms with E-state index in [9.17, 15) is 8.42 Å². The molecule has 0 fully saturated rings. The fourth-order valence-corrected chi connectivity index (χ4v) is 5.23. The fraction of sp³-hybridized carbons (Fsp3) is 0.300. The zero-order valence-electron chi connectivity index (χ0n) is 17.8. The lowest BCUT2D eigenvalue weighted by Crippen LogP contribution is -2.22. The number of benzene rings is 2. The number of fused-ring (bicyclic) bond motifs is 1. The van der Waals surface area contributed by atoms with Crippen LogP contribution in [0.5, 0.6) is 0 Å². The van der Waals surface area contributed by atoms with E-state index in [1.165, 1.54) is 30.2 Å². The van der Waals surface area contributed by atoms with Crippen molar-refractivity contribution in [1.82, 2.24) is 34.1 Å². The number of aryl methyl sites for hydroxylation is 1. The van der Waals surface area contributed by atoms with Crippen LogP contribution in [0.15, 0.2) is 52.5 Å².